The minimum atomic E-state index is 0.924. The van der Waals surface area contributed by atoms with Crippen molar-refractivity contribution in [3.63, 3.8) is 0 Å². The summed E-state index contributed by atoms with van der Waals surface area (Å²) in [6.07, 6.45) is 26.6. The quantitative estimate of drug-likeness (QED) is 0.0454. The largest absolute Gasteiger partial charge is 0.367 e. The molecule has 0 atom stereocenters. The van der Waals surface area contributed by atoms with Crippen LogP contribution in [0.2, 0.25) is 0 Å². The second kappa shape index (κ2) is 32.9. The summed E-state index contributed by atoms with van der Waals surface area (Å²) in [4.78, 5) is 13.3. The summed E-state index contributed by atoms with van der Waals surface area (Å²) in [6, 6.07) is 70.8. The summed E-state index contributed by atoms with van der Waals surface area (Å²) in [5, 5.41) is 50.0. The van der Waals surface area contributed by atoms with Crippen molar-refractivity contribution in [2.75, 3.05) is 45.8 Å². The number of hydrogen-bond donors (Lipinski definition) is 8. The molecule has 0 radical (unpaired) electrons. The highest BCUT2D eigenvalue weighted by atomic mass is 15.2. The van der Waals surface area contributed by atoms with Gasteiger partial charge in [-0.15, -0.1) is 0 Å². The van der Waals surface area contributed by atoms with Crippen LogP contribution in [0.3, 0.4) is 0 Å². The molecule has 112 heavy (non-hydrogen) atoms. The molecule has 0 saturated carbocycles. The van der Waals surface area contributed by atoms with Crippen LogP contribution in [0.15, 0.2) is 250 Å². The highest BCUT2D eigenvalue weighted by molar-refractivity contribution is 5.74. The third-order valence-corrected chi connectivity index (χ3v) is 22.0. The van der Waals surface area contributed by atoms with Crippen LogP contribution in [-0.4, -0.2) is 103 Å². The molecule has 19 nitrogen and oxygen atoms in total. The van der Waals surface area contributed by atoms with Gasteiger partial charge in [0, 0.05) is 168 Å². The van der Waals surface area contributed by atoms with Gasteiger partial charge in [0.1, 0.15) is 0 Å². The average Bonchev–Trinajstić information content (AvgIpc) is 1.07. The van der Waals surface area contributed by atoms with Crippen molar-refractivity contribution < 1.29 is 0 Å². The molecule has 0 bridgehead atoms. The topological polar surface area (TPSA) is 230 Å². The Bertz CT molecular complexity index is 5720. The Kier molecular flexibility index (Phi) is 21.0. The fraction of sp³-hybridized carbons (Fsp3) is 0.215. The summed E-state index contributed by atoms with van der Waals surface area (Å²) < 4.78 is 0. The maximum absolute atomic E-state index is 4.41. The standard InChI is InChI=1S/C24H25N5.C24H24N4.C23H23N5.C22H21N5/c1-16-12-22(27-25-16)19-7-5-18(6-8-19)15-29-11-3-4-21-14-20(9-10-24(21)29)23-13-17(2)26-28-23;1-17-11-23(25-13-17)19-6-4-18(5-7-19)16-28-10-2-3-21-12-20(8-9-24(21)28)22-14-26-27-15-22;1-16-11-22(27-26-16)19-8-9-23-20(12-19)3-2-10-28(23)15-17-4-6-18(7-5-17)21-13-24-25-14-21;1-2-19-10-18(21-13-25-26-14-21)7-8-22(19)27(9-1)15-16-3-5-17(6-4-16)20-11-23-24-12-20/h5-10,12-14H,3-4,11,15H2,1-2H3,(H,25,27)(H,26,28);4-9,11-15,25H,2-3,10,16H2,1H3,(H,26,27);4-9,11-14H,2-3,10,15H2,1H3,(H,24,25)(H,26,27);3-8,10-14H,1-2,9,15H2,(H,23,24)(H,25,26). The van der Waals surface area contributed by atoms with Crippen molar-refractivity contribution in [3.8, 4) is 89.5 Å². The number of anilines is 4. The van der Waals surface area contributed by atoms with E-state index in [4.69, 9.17) is 0 Å². The molecule has 4 aliphatic heterocycles. The van der Waals surface area contributed by atoms with Crippen LogP contribution in [0.4, 0.5) is 22.7 Å². The molecule has 0 spiro atoms. The number of aromatic nitrogens is 15. The van der Waals surface area contributed by atoms with E-state index in [0.717, 1.165) is 140 Å². The molecule has 0 amide bonds. The number of nitrogens with one attached hydrogen (secondary N) is 8. The zero-order valence-corrected chi connectivity index (χ0v) is 63.9. The molecular weight excluding hydrogens is 1380 g/mol. The third-order valence-electron chi connectivity index (χ3n) is 22.0. The summed E-state index contributed by atoms with van der Waals surface area (Å²) >= 11 is 0. The van der Waals surface area contributed by atoms with Crippen LogP contribution in [0.25, 0.3) is 89.5 Å². The van der Waals surface area contributed by atoms with E-state index in [1.54, 1.807) is 0 Å². The van der Waals surface area contributed by atoms with Crippen LogP contribution in [0, 0.1) is 27.7 Å². The molecule has 8 aromatic heterocycles. The molecule has 16 aromatic rings. The first-order valence-electron chi connectivity index (χ1n) is 39.1. The number of rotatable bonds is 16. The van der Waals surface area contributed by atoms with Gasteiger partial charge >= 0.3 is 0 Å². The van der Waals surface area contributed by atoms with Crippen molar-refractivity contribution in [2.24, 2.45) is 0 Å². The number of aryl methyl sites for hydroxylation is 8. The number of fused-ring (bicyclic) bond motifs is 4. The first kappa shape index (κ1) is 71.6. The maximum Gasteiger partial charge on any atom is 0.0923 e. The van der Waals surface area contributed by atoms with Gasteiger partial charge in [-0.1, -0.05) is 121 Å². The van der Waals surface area contributed by atoms with Crippen molar-refractivity contribution in [2.45, 2.75) is 105 Å². The van der Waals surface area contributed by atoms with Crippen LogP contribution in [0.1, 0.15) is 92.8 Å². The predicted octanol–water partition coefficient (Wildman–Crippen LogP) is 19.5. The number of hydrogen-bond acceptors (Lipinski definition) is 11. The minimum Gasteiger partial charge on any atom is -0.367 e. The molecule has 20 rings (SSSR count). The summed E-state index contributed by atoms with van der Waals surface area (Å²) in [7, 11) is 0. The van der Waals surface area contributed by atoms with E-state index in [2.05, 4.69) is 297 Å². The number of benzene rings is 8. The van der Waals surface area contributed by atoms with Crippen LogP contribution in [0.5, 0.6) is 0 Å². The Morgan fingerprint density at radius 1 is 0.277 bits per heavy atom. The van der Waals surface area contributed by atoms with E-state index >= 15 is 0 Å². The third kappa shape index (κ3) is 16.6. The summed E-state index contributed by atoms with van der Waals surface area (Å²) in [5.74, 6) is 0. The van der Waals surface area contributed by atoms with E-state index in [0.29, 0.717) is 0 Å². The second-order valence-corrected chi connectivity index (χ2v) is 30.1. The lowest BCUT2D eigenvalue weighted by Crippen LogP contribution is -2.28. The molecule has 8 aromatic carbocycles. The van der Waals surface area contributed by atoms with Crippen molar-refractivity contribution in [1.29, 1.82) is 0 Å². The first-order chi connectivity index (χ1) is 55.0. The van der Waals surface area contributed by atoms with Crippen LogP contribution < -0.4 is 19.6 Å². The Balaban J connectivity index is 0.000000108. The van der Waals surface area contributed by atoms with Gasteiger partial charge < -0.3 is 24.6 Å². The fourth-order valence-corrected chi connectivity index (χ4v) is 16.1. The lowest BCUT2D eigenvalue weighted by Gasteiger charge is -2.32. The molecule has 560 valence electrons. The van der Waals surface area contributed by atoms with Gasteiger partial charge in [0.05, 0.1) is 41.9 Å². The molecule has 0 saturated heterocycles. The highest BCUT2D eigenvalue weighted by Crippen LogP contribution is 2.38. The molecule has 12 heterocycles. The molecular formula is C93H93N19. The average molecular weight is 1480 g/mol. The van der Waals surface area contributed by atoms with Gasteiger partial charge in [0.25, 0.3) is 0 Å². The van der Waals surface area contributed by atoms with Crippen molar-refractivity contribution in [1.82, 2.24) is 76.4 Å². The normalized spacial score (nSPS) is 13.5. The smallest absolute Gasteiger partial charge is 0.0923 e. The molecule has 0 aliphatic carbocycles. The molecule has 0 unspecified atom stereocenters. The first-order valence-corrected chi connectivity index (χ1v) is 39.1. The van der Waals surface area contributed by atoms with E-state index < -0.39 is 0 Å². The van der Waals surface area contributed by atoms with Gasteiger partial charge in [-0.25, -0.2) is 0 Å². The molecule has 4 aliphatic rings. The Morgan fingerprint density at radius 3 is 0.857 bits per heavy atom. The molecule has 19 heteroatoms. The van der Waals surface area contributed by atoms with E-state index in [1.165, 1.54) is 143 Å². The number of aromatic amines is 8. The molecule has 8 N–H and O–H groups in total. The van der Waals surface area contributed by atoms with Crippen molar-refractivity contribution in [3.05, 3.63) is 317 Å². The lowest BCUT2D eigenvalue weighted by molar-refractivity contribution is 0.691. The monoisotopic (exact) mass is 1480 g/mol. The minimum absolute atomic E-state index is 0.924. The summed E-state index contributed by atoms with van der Waals surface area (Å²) in [5.41, 5.74) is 39.3. The fourth-order valence-electron chi connectivity index (χ4n) is 16.1. The predicted molar refractivity (Wildman–Crippen MR) is 451 cm³/mol. The summed E-state index contributed by atoms with van der Waals surface area (Å²) in [6.45, 7) is 16.3. The van der Waals surface area contributed by atoms with Gasteiger partial charge in [0.2, 0.25) is 0 Å². The Labute approximate surface area is 653 Å². The lowest BCUT2D eigenvalue weighted by atomic mass is 9.96. The van der Waals surface area contributed by atoms with Crippen molar-refractivity contribution >= 4 is 22.7 Å². The van der Waals surface area contributed by atoms with Gasteiger partial charge in [-0.3, -0.25) is 35.7 Å². The SMILES string of the molecule is Cc1c[nH]c(-c2ccc(CN3CCCc4cc(-c5cn[nH]c5)ccc43)cc2)c1.Cc1cc(-c2ccc(CN3CCCc4cc(-c5cc(C)[nH]n5)ccc43)cc2)n[nH]1.Cc1cc(-c2ccc3c(c2)CCCN3Cc2ccc(-c3cn[nH]c3)cc2)n[nH]1.c1cc(-c2cn[nH]c2)ccc1CN1CCCc2cc(-c3cn[nH]c3)ccc21. The van der Waals surface area contributed by atoms with Gasteiger partial charge in [-0.05, 0) is 230 Å². The van der Waals surface area contributed by atoms with Crippen LogP contribution >= 0.6 is 0 Å². The Hall–Kier alpha value is -13.3. The zero-order valence-electron chi connectivity index (χ0n) is 63.9. The van der Waals surface area contributed by atoms with E-state index in [-0.39, 0.29) is 0 Å². The van der Waals surface area contributed by atoms with E-state index in [1.807, 2.05) is 76.5 Å². The maximum atomic E-state index is 4.41. The second-order valence-electron chi connectivity index (χ2n) is 30.1. The zero-order chi connectivity index (χ0) is 75.7. The number of nitrogens with zero attached hydrogens (tertiary/aromatic N) is 11. The van der Waals surface area contributed by atoms with Crippen LogP contribution in [-0.2, 0) is 51.9 Å². The number of H-pyrrole nitrogens is 8. The van der Waals surface area contributed by atoms with Gasteiger partial charge in [0.15, 0.2) is 0 Å². The van der Waals surface area contributed by atoms with E-state index in [9.17, 15) is 0 Å². The van der Waals surface area contributed by atoms with Gasteiger partial charge in [-0.2, -0.15) is 35.7 Å². The Morgan fingerprint density at radius 2 is 0.562 bits per heavy atom. The highest BCUT2D eigenvalue weighted by Gasteiger charge is 2.24. The molecule has 0 fully saturated rings.